The van der Waals surface area contributed by atoms with Crippen molar-refractivity contribution in [2.45, 2.75) is 19.8 Å². The first-order chi connectivity index (χ1) is 9.33. The second-order valence-electron chi connectivity index (χ2n) is 4.15. The molecule has 0 unspecified atom stereocenters. The summed E-state index contributed by atoms with van der Waals surface area (Å²) in [4.78, 5) is 0. The van der Waals surface area contributed by atoms with Gasteiger partial charge in [-0.25, -0.2) is 0 Å². The van der Waals surface area contributed by atoms with Gasteiger partial charge in [-0.1, -0.05) is 25.5 Å². The van der Waals surface area contributed by atoms with Crippen molar-refractivity contribution in [1.29, 1.82) is 5.26 Å². The normalized spacial score (nSPS) is 9.89. The Labute approximate surface area is 112 Å². The summed E-state index contributed by atoms with van der Waals surface area (Å²) in [6, 6.07) is 13.1. The van der Waals surface area contributed by atoms with Gasteiger partial charge in [-0.3, -0.25) is 0 Å². The maximum atomic E-state index is 8.87. The maximum Gasteiger partial charge on any atom is 0.233 e. The fraction of sp³-hybridized carbons (Fsp3) is 0.267. The average Bonchev–Trinajstić information content (AvgIpc) is 2.48. The van der Waals surface area contributed by atoms with Gasteiger partial charge in [-0.15, -0.1) is 10.2 Å². The average molecular weight is 253 g/mol. The van der Waals surface area contributed by atoms with Crippen molar-refractivity contribution in [2.75, 3.05) is 6.61 Å². The molecule has 19 heavy (non-hydrogen) atoms. The summed E-state index contributed by atoms with van der Waals surface area (Å²) < 4.78 is 5.46. The van der Waals surface area contributed by atoms with E-state index in [1.807, 2.05) is 18.2 Å². The molecule has 0 aliphatic rings. The van der Waals surface area contributed by atoms with Gasteiger partial charge in [0.1, 0.15) is 0 Å². The van der Waals surface area contributed by atoms with Gasteiger partial charge in [0.25, 0.3) is 0 Å². The molecule has 2 aromatic rings. The minimum absolute atomic E-state index is 0.536. The van der Waals surface area contributed by atoms with Gasteiger partial charge >= 0.3 is 0 Å². The lowest BCUT2D eigenvalue weighted by atomic mass is 10.1. The molecule has 0 radical (unpaired) electrons. The van der Waals surface area contributed by atoms with Crippen molar-refractivity contribution in [3.05, 3.63) is 42.0 Å². The zero-order valence-electron chi connectivity index (χ0n) is 10.8. The molecule has 0 aliphatic heterocycles. The Bertz CT molecular complexity index is 573. The zero-order chi connectivity index (χ0) is 13.5. The molecule has 0 bridgehead atoms. The van der Waals surface area contributed by atoms with Crippen molar-refractivity contribution < 1.29 is 4.74 Å². The fourth-order valence-corrected chi connectivity index (χ4v) is 1.62. The van der Waals surface area contributed by atoms with E-state index >= 15 is 0 Å². The minimum Gasteiger partial charge on any atom is -0.477 e. The van der Waals surface area contributed by atoms with E-state index in [0.29, 0.717) is 18.1 Å². The maximum absolute atomic E-state index is 8.87. The molecular formula is C15H15N3O. The van der Waals surface area contributed by atoms with Crippen LogP contribution in [0.25, 0.3) is 11.3 Å². The van der Waals surface area contributed by atoms with Crippen LogP contribution in [-0.2, 0) is 0 Å². The lowest BCUT2D eigenvalue weighted by Crippen LogP contribution is -1.99. The molecule has 0 fully saturated rings. The van der Waals surface area contributed by atoms with E-state index in [-0.39, 0.29) is 0 Å². The molecule has 0 N–H and O–H groups in total. The van der Waals surface area contributed by atoms with Crippen LogP contribution in [0.1, 0.15) is 25.3 Å². The molecule has 0 saturated heterocycles. The number of rotatable bonds is 5. The van der Waals surface area contributed by atoms with E-state index < -0.39 is 0 Å². The Balaban J connectivity index is 2.11. The number of nitriles is 1. The topological polar surface area (TPSA) is 58.8 Å². The Morgan fingerprint density at radius 1 is 1.21 bits per heavy atom. The summed E-state index contributed by atoms with van der Waals surface area (Å²) in [5.74, 6) is 0.536. The highest BCUT2D eigenvalue weighted by Crippen LogP contribution is 2.18. The van der Waals surface area contributed by atoms with Crippen molar-refractivity contribution in [3.8, 4) is 23.2 Å². The second-order valence-corrected chi connectivity index (χ2v) is 4.15. The molecular weight excluding hydrogens is 238 g/mol. The van der Waals surface area contributed by atoms with E-state index in [1.165, 1.54) is 0 Å². The molecule has 1 aromatic carbocycles. The Hall–Kier alpha value is -2.41. The standard InChI is InChI=1S/C15H15N3O/c1-2-3-9-19-15-8-7-14(17-18-15)13-6-4-5-12(10-13)11-16/h4-8,10H,2-3,9H2,1H3. The molecule has 0 spiro atoms. The summed E-state index contributed by atoms with van der Waals surface area (Å²) in [5.41, 5.74) is 2.23. The summed E-state index contributed by atoms with van der Waals surface area (Å²) in [6.45, 7) is 2.77. The molecule has 0 saturated carbocycles. The van der Waals surface area contributed by atoms with E-state index in [0.717, 1.165) is 24.1 Å². The van der Waals surface area contributed by atoms with Crippen LogP contribution in [0, 0.1) is 11.3 Å². The molecule has 4 heteroatoms. The highest BCUT2D eigenvalue weighted by molar-refractivity contribution is 5.60. The first-order valence-electron chi connectivity index (χ1n) is 6.30. The summed E-state index contributed by atoms with van der Waals surface area (Å²) in [5, 5.41) is 17.0. The highest BCUT2D eigenvalue weighted by atomic mass is 16.5. The SMILES string of the molecule is CCCCOc1ccc(-c2cccc(C#N)c2)nn1. The first kappa shape index (κ1) is 13.0. The van der Waals surface area contributed by atoms with Crippen molar-refractivity contribution >= 4 is 0 Å². The quantitative estimate of drug-likeness (QED) is 0.768. The summed E-state index contributed by atoms with van der Waals surface area (Å²) >= 11 is 0. The number of benzene rings is 1. The third-order valence-electron chi connectivity index (χ3n) is 2.68. The number of ether oxygens (including phenoxy) is 1. The first-order valence-corrected chi connectivity index (χ1v) is 6.30. The van der Waals surface area contributed by atoms with E-state index in [1.54, 1.807) is 18.2 Å². The highest BCUT2D eigenvalue weighted by Gasteiger charge is 2.02. The molecule has 1 heterocycles. The van der Waals surface area contributed by atoms with E-state index in [4.69, 9.17) is 10.00 Å². The molecule has 1 aromatic heterocycles. The van der Waals surface area contributed by atoms with Crippen molar-refractivity contribution in [3.63, 3.8) is 0 Å². The van der Waals surface area contributed by atoms with Gasteiger partial charge in [0, 0.05) is 11.6 Å². The molecule has 96 valence electrons. The lowest BCUT2D eigenvalue weighted by molar-refractivity contribution is 0.294. The van der Waals surface area contributed by atoms with Crippen LogP contribution in [0.3, 0.4) is 0 Å². The van der Waals surface area contributed by atoms with Gasteiger partial charge in [0.05, 0.1) is 23.9 Å². The van der Waals surface area contributed by atoms with Crippen LogP contribution < -0.4 is 4.74 Å². The number of aromatic nitrogens is 2. The van der Waals surface area contributed by atoms with Gasteiger partial charge in [-0.05, 0) is 24.6 Å². The van der Waals surface area contributed by atoms with Gasteiger partial charge in [0.15, 0.2) is 0 Å². The predicted molar refractivity (Wildman–Crippen MR) is 72.6 cm³/mol. The van der Waals surface area contributed by atoms with Crippen molar-refractivity contribution in [2.24, 2.45) is 0 Å². The fourth-order valence-electron chi connectivity index (χ4n) is 1.62. The third kappa shape index (κ3) is 3.52. The monoisotopic (exact) mass is 253 g/mol. The van der Waals surface area contributed by atoms with Crippen LogP contribution >= 0.6 is 0 Å². The Morgan fingerprint density at radius 3 is 2.79 bits per heavy atom. The van der Waals surface area contributed by atoms with Crippen molar-refractivity contribution in [1.82, 2.24) is 10.2 Å². The van der Waals surface area contributed by atoms with Gasteiger partial charge in [-0.2, -0.15) is 5.26 Å². The Morgan fingerprint density at radius 2 is 2.11 bits per heavy atom. The molecule has 4 nitrogen and oxygen atoms in total. The second kappa shape index (κ2) is 6.50. The number of hydrogen-bond acceptors (Lipinski definition) is 4. The summed E-state index contributed by atoms with van der Waals surface area (Å²) in [7, 11) is 0. The van der Waals surface area contributed by atoms with Gasteiger partial charge < -0.3 is 4.74 Å². The van der Waals surface area contributed by atoms with Gasteiger partial charge in [0.2, 0.25) is 5.88 Å². The lowest BCUT2D eigenvalue weighted by Gasteiger charge is -2.04. The summed E-state index contributed by atoms with van der Waals surface area (Å²) in [6.07, 6.45) is 2.10. The van der Waals surface area contributed by atoms with Crippen LogP contribution in [0.2, 0.25) is 0 Å². The number of nitrogens with zero attached hydrogens (tertiary/aromatic N) is 3. The van der Waals surface area contributed by atoms with Crippen LogP contribution in [0.15, 0.2) is 36.4 Å². The minimum atomic E-state index is 0.536. The number of hydrogen-bond donors (Lipinski definition) is 0. The largest absolute Gasteiger partial charge is 0.477 e. The molecule has 0 amide bonds. The van der Waals surface area contributed by atoms with E-state index in [9.17, 15) is 0 Å². The van der Waals surface area contributed by atoms with Crippen LogP contribution in [-0.4, -0.2) is 16.8 Å². The van der Waals surface area contributed by atoms with E-state index in [2.05, 4.69) is 23.2 Å². The molecule has 2 rings (SSSR count). The molecule has 0 aliphatic carbocycles. The number of unbranched alkanes of at least 4 members (excludes halogenated alkanes) is 1. The molecule has 0 atom stereocenters. The van der Waals surface area contributed by atoms with Crippen LogP contribution in [0.4, 0.5) is 0 Å². The Kier molecular flexibility index (Phi) is 4.46. The third-order valence-corrected chi connectivity index (χ3v) is 2.68. The smallest absolute Gasteiger partial charge is 0.233 e. The van der Waals surface area contributed by atoms with Crippen LogP contribution in [0.5, 0.6) is 5.88 Å². The predicted octanol–water partition coefficient (Wildman–Crippen LogP) is 3.19. The zero-order valence-corrected chi connectivity index (χ0v) is 10.8.